The summed E-state index contributed by atoms with van der Waals surface area (Å²) in [6.07, 6.45) is 9.95. The quantitative estimate of drug-likeness (QED) is 0.467. The summed E-state index contributed by atoms with van der Waals surface area (Å²) in [4.78, 5) is 19.6. The highest BCUT2D eigenvalue weighted by Crippen LogP contribution is 2.20. The Kier molecular flexibility index (Phi) is 7.16. The molecule has 2 aromatic heterocycles. The van der Waals surface area contributed by atoms with Crippen molar-refractivity contribution in [2.45, 2.75) is 57.2 Å². The highest BCUT2D eigenvalue weighted by molar-refractivity contribution is 5.94. The molecule has 1 aliphatic heterocycles. The fourth-order valence-electron chi connectivity index (χ4n) is 5.19. The van der Waals surface area contributed by atoms with Gasteiger partial charge in [0, 0.05) is 44.6 Å². The Labute approximate surface area is 206 Å². The molecule has 1 amide bonds. The number of rotatable bonds is 8. The van der Waals surface area contributed by atoms with Crippen molar-refractivity contribution < 1.29 is 9.90 Å². The van der Waals surface area contributed by atoms with E-state index in [-0.39, 0.29) is 11.9 Å². The highest BCUT2D eigenvalue weighted by Gasteiger charge is 2.19. The van der Waals surface area contributed by atoms with Crippen molar-refractivity contribution in [3.8, 4) is 0 Å². The van der Waals surface area contributed by atoms with Gasteiger partial charge in [-0.25, -0.2) is 4.98 Å². The van der Waals surface area contributed by atoms with Gasteiger partial charge in [-0.05, 0) is 42.5 Å². The number of hydrogen-bond donors (Lipinski definition) is 3. The Balaban J connectivity index is 1.14. The van der Waals surface area contributed by atoms with Crippen LogP contribution in [0.2, 0.25) is 0 Å². The van der Waals surface area contributed by atoms with Gasteiger partial charge in [-0.3, -0.25) is 9.69 Å². The number of amides is 1. The summed E-state index contributed by atoms with van der Waals surface area (Å²) >= 11 is 0. The van der Waals surface area contributed by atoms with Gasteiger partial charge in [-0.2, -0.15) is 0 Å². The van der Waals surface area contributed by atoms with E-state index in [0.717, 1.165) is 38.0 Å². The number of aliphatic hydroxyl groups is 1. The van der Waals surface area contributed by atoms with Crippen molar-refractivity contribution in [1.82, 2.24) is 24.9 Å². The first-order chi connectivity index (χ1) is 17.0. The molecule has 0 radical (unpaired) electrons. The summed E-state index contributed by atoms with van der Waals surface area (Å²) in [6, 6.07) is 12.5. The molecule has 0 unspecified atom stereocenters. The van der Waals surface area contributed by atoms with Crippen LogP contribution in [0.1, 0.15) is 59.3 Å². The van der Waals surface area contributed by atoms with Crippen LogP contribution in [0.5, 0.6) is 0 Å². The SMILES string of the molecule is C=C(NC[C@H](O)CN1CCc2ccccc2C1)c1cn2cc(C(=O)NC3CCCCC3)ccc2n1. The number of β-amino-alcohol motifs (C(OH)–C–C–N with tert-alkyl or cyclic N) is 1. The number of nitrogens with zero attached hydrogens (tertiary/aromatic N) is 3. The van der Waals surface area contributed by atoms with Crippen LogP contribution in [0.25, 0.3) is 11.3 Å². The zero-order valence-electron chi connectivity index (χ0n) is 20.2. The Morgan fingerprint density at radius 3 is 2.74 bits per heavy atom. The van der Waals surface area contributed by atoms with Crippen LogP contribution in [-0.2, 0) is 13.0 Å². The number of carbonyl (C=O) groups is 1. The second-order valence-electron chi connectivity index (χ2n) is 9.88. The molecule has 0 spiro atoms. The van der Waals surface area contributed by atoms with E-state index >= 15 is 0 Å². The molecule has 7 nitrogen and oxygen atoms in total. The summed E-state index contributed by atoms with van der Waals surface area (Å²) in [7, 11) is 0. The Morgan fingerprint density at radius 2 is 1.91 bits per heavy atom. The van der Waals surface area contributed by atoms with Gasteiger partial charge in [0.1, 0.15) is 11.3 Å². The molecule has 7 heteroatoms. The molecule has 1 aliphatic carbocycles. The van der Waals surface area contributed by atoms with Crippen LogP contribution in [-0.4, -0.2) is 57.1 Å². The van der Waals surface area contributed by atoms with Crippen LogP contribution in [0.4, 0.5) is 0 Å². The van der Waals surface area contributed by atoms with Crippen LogP contribution in [0, 0.1) is 0 Å². The number of benzene rings is 1. The van der Waals surface area contributed by atoms with E-state index in [1.165, 1.54) is 30.4 Å². The van der Waals surface area contributed by atoms with Gasteiger partial charge in [0.2, 0.25) is 0 Å². The van der Waals surface area contributed by atoms with E-state index in [1.54, 1.807) is 0 Å². The second kappa shape index (κ2) is 10.6. The molecule has 3 N–H and O–H groups in total. The molecule has 1 aromatic carbocycles. The number of nitrogens with one attached hydrogen (secondary N) is 2. The molecule has 0 bridgehead atoms. The lowest BCUT2D eigenvalue weighted by atomic mass is 9.95. The van der Waals surface area contributed by atoms with Crippen LogP contribution >= 0.6 is 0 Å². The third-order valence-corrected chi connectivity index (χ3v) is 7.19. The summed E-state index contributed by atoms with van der Waals surface area (Å²) in [5, 5.41) is 17.0. The molecule has 0 saturated heterocycles. The van der Waals surface area contributed by atoms with E-state index in [4.69, 9.17) is 0 Å². The van der Waals surface area contributed by atoms with Gasteiger partial charge in [-0.15, -0.1) is 0 Å². The smallest absolute Gasteiger partial charge is 0.252 e. The average Bonchev–Trinajstić information content (AvgIpc) is 3.31. The molecule has 184 valence electrons. The minimum Gasteiger partial charge on any atom is -0.390 e. The van der Waals surface area contributed by atoms with Gasteiger partial charge in [0.15, 0.2) is 0 Å². The lowest BCUT2D eigenvalue weighted by Gasteiger charge is -2.30. The predicted molar refractivity (Wildman–Crippen MR) is 138 cm³/mol. The van der Waals surface area contributed by atoms with Gasteiger partial charge in [0.05, 0.1) is 17.4 Å². The molecule has 2 aliphatic rings. The number of aliphatic hydroxyl groups excluding tert-OH is 1. The van der Waals surface area contributed by atoms with Crippen molar-refractivity contribution in [3.05, 3.63) is 77.8 Å². The Hall–Kier alpha value is -3.16. The summed E-state index contributed by atoms with van der Waals surface area (Å²) in [5.41, 5.74) is 5.50. The molecule has 5 rings (SSSR count). The number of aromatic nitrogens is 2. The number of fused-ring (bicyclic) bond motifs is 2. The standard InChI is InChI=1S/C28H35N5O2/c1-20(29-15-25(34)18-32-14-13-21-7-5-6-8-22(21)16-32)26-19-33-17-23(11-12-27(33)31-26)28(35)30-24-9-3-2-4-10-24/h5-8,11-12,17,19,24-25,29,34H,1-4,9-10,13-16,18H2,(H,30,35)/t25-/m0/s1. The third kappa shape index (κ3) is 5.74. The van der Waals surface area contributed by atoms with E-state index in [2.05, 4.69) is 51.4 Å². The number of pyridine rings is 1. The number of carbonyl (C=O) groups excluding carboxylic acids is 1. The minimum atomic E-state index is -0.510. The van der Waals surface area contributed by atoms with E-state index in [9.17, 15) is 9.90 Å². The maximum atomic E-state index is 12.7. The lowest BCUT2D eigenvalue weighted by molar-refractivity contribution is 0.0927. The van der Waals surface area contributed by atoms with Crippen molar-refractivity contribution in [1.29, 1.82) is 0 Å². The summed E-state index contributed by atoms with van der Waals surface area (Å²) < 4.78 is 1.86. The molecule has 3 heterocycles. The first-order valence-corrected chi connectivity index (χ1v) is 12.7. The monoisotopic (exact) mass is 473 g/mol. The fourth-order valence-corrected chi connectivity index (χ4v) is 5.19. The van der Waals surface area contributed by atoms with Gasteiger partial charge >= 0.3 is 0 Å². The first-order valence-electron chi connectivity index (χ1n) is 12.7. The number of imidazole rings is 1. The topological polar surface area (TPSA) is 81.9 Å². The third-order valence-electron chi connectivity index (χ3n) is 7.19. The van der Waals surface area contributed by atoms with E-state index < -0.39 is 6.10 Å². The van der Waals surface area contributed by atoms with Crippen LogP contribution in [0.3, 0.4) is 0 Å². The summed E-state index contributed by atoms with van der Waals surface area (Å²) in [5.74, 6) is -0.0329. The lowest BCUT2D eigenvalue weighted by Crippen LogP contribution is -2.40. The Morgan fingerprint density at radius 1 is 1.11 bits per heavy atom. The number of hydrogen-bond acceptors (Lipinski definition) is 5. The van der Waals surface area contributed by atoms with Gasteiger partial charge in [-0.1, -0.05) is 50.1 Å². The van der Waals surface area contributed by atoms with Crippen molar-refractivity contribution in [2.75, 3.05) is 19.6 Å². The summed E-state index contributed by atoms with van der Waals surface area (Å²) in [6.45, 7) is 6.95. The molecular weight excluding hydrogens is 438 g/mol. The molecule has 1 fully saturated rings. The zero-order valence-corrected chi connectivity index (χ0v) is 20.2. The molecule has 3 aromatic rings. The molecule has 35 heavy (non-hydrogen) atoms. The predicted octanol–water partition coefficient (Wildman–Crippen LogP) is 3.38. The van der Waals surface area contributed by atoms with Crippen LogP contribution in [0.15, 0.2) is 55.4 Å². The van der Waals surface area contributed by atoms with E-state index in [1.807, 2.05) is 28.9 Å². The molecule has 1 saturated carbocycles. The van der Waals surface area contributed by atoms with Crippen molar-refractivity contribution in [3.63, 3.8) is 0 Å². The largest absolute Gasteiger partial charge is 0.390 e. The van der Waals surface area contributed by atoms with Crippen molar-refractivity contribution in [2.24, 2.45) is 0 Å². The average molecular weight is 474 g/mol. The van der Waals surface area contributed by atoms with Gasteiger partial charge in [0.25, 0.3) is 5.91 Å². The zero-order chi connectivity index (χ0) is 24.2. The highest BCUT2D eigenvalue weighted by atomic mass is 16.3. The van der Waals surface area contributed by atoms with E-state index in [0.29, 0.717) is 30.0 Å². The van der Waals surface area contributed by atoms with Crippen molar-refractivity contribution >= 4 is 17.3 Å². The van der Waals surface area contributed by atoms with Crippen LogP contribution < -0.4 is 10.6 Å². The maximum absolute atomic E-state index is 12.7. The maximum Gasteiger partial charge on any atom is 0.252 e. The second-order valence-corrected chi connectivity index (χ2v) is 9.88. The minimum absolute atomic E-state index is 0.0329. The van der Waals surface area contributed by atoms with Gasteiger partial charge < -0.3 is 20.1 Å². The molecule has 1 atom stereocenters. The first kappa shape index (κ1) is 23.6. The fraction of sp³-hybridized carbons (Fsp3) is 0.429. The molecular formula is C28H35N5O2. The Bertz CT molecular complexity index is 1200. The normalized spacial score (nSPS) is 17.6.